The summed E-state index contributed by atoms with van der Waals surface area (Å²) < 4.78 is 0. The Bertz CT molecular complexity index is 271. The SMILES string of the molecule is CC(C)CCN1CCN(C(=O)CCCNC(C)C)CC1. The molecule has 0 atom stereocenters. The van der Waals surface area contributed by atoms with E-state index in [2.05, 4.69) is 37.9 Å². The molecule has 20 heavy (non-hydrogen) atoms. The van der Waals surface area contributed by atoms with Gasteiger partial charge in [-0.1, -0.05) is 27.7 Å². The monoisotopic (exact) mass is 283 g/mol. The van der Waals surface area contributed by atoms with Crippen LogP contribution in [0.2, 0.25) is 0 Å². The molecular formula is C16H33N3O. The van der Waals surface area contributed by atoms with Crippen LogP contribution in [-0.2, 0) is 4.79 Å². The van der Waals surface area contributed by atoms with Crippen LogP contribution in [0.15, 0.2) is 0 Å². The van der Waals surface area contributed by atoms with Crippen LogP contribution in [0.25, 0.3) is 0 Å². The zero-order valence-electron chi connectivity index (χ0n) is 13.8. The van der Waals surface area contributed by atoms with E-state index < -0.39 is 0 Å². The zero-order valence-corrected chi connectivity index (χ0v) is 13.8. The first-order valence-corrected chi connectivity index (χ1v) is 8.22. The molecule has 1 N–H and O–H groups in total. The van der Waals surface area contributed by atoms with Crippen molar-refractivity contribution in [1.29, 1.82) is 0 Å². The predicted molar refractivity (Wildman–Crippen MR) is 84.8 cm³/mol. The predicted octanol–water partition coefficient (Wildman–Crippen LogP) is 1.95. The highest BCUT2D eigenvalue weighted by molar-refractivity contribution is 5.76. The fourth-order valence-corrected chi connectivity index (χ4v) is 2.45. The van der Waals surface area contributed by atoms with Crippen molar-refractivity contribution in [2.45, 2.75) is 53.0 Å². The lowest BCUT2D eigenvalue weighted by Gasteiger charge is -2.35. The van der Waals surface area contributed by atoms with Crippen molar-refractivity contribution in [3.8, 4) is 0 Å². The van der Waals surface area contributed by atoms with Crippen LogP contribution in [0.1, 0.15) is 47.0 Å². The van der Waals surface area contributed by atoms with Crippen LogP contribution >= 0.6 is 0 Å². The van der Waals surface area contributed by atoms with Gasteiger partial charge in [-0.05, 0) is 31.8 Å². The van der Waals surface area contributed by atoms with Crippen molar-refractivity contribution >= 4 is 5.91 Å². The maximum absolute atomic E-state index is 12.1. The van der Waals surface area contributed by atoms with E-state index in [0.717, 1.165) is 45.1 Å². The summed E-state index contributed by atoms with van der Waals surface area (Å²) in [4.78, 5) is 16.6. The third-order valence-corrected chi connectivity index (χ3v) is 3.87. The lowest BCUT2D eigenvalue weighted by atomic mass is 10.1. The van der Waals surface area contributed by atoms with Crippen LogP contribution in [0.5, 0.6) is 0 Å². The summed E-state index contributed by atoms with van der Waals surface area (Å²) in [6.07, 6.45) is 2.89. The first-order valence-electron chi connectivity index (χ1n) is 8.22. The molecule has 0 aromatic rings. The average molecular weight is 283 g/mol. The molecule has 0 aliphatic carbocycles. The molecule has 0 aromatic heterocycles. The molecule has 118 valence electrons. The smallest absolute Gasteiger partial charge is 0.222 e. The Labute approximate surface area is 124 Å². The standard InChI is InChI=1S/C16H33N3O/c1-14(2)7-9-18-10-12-19(13-11-18)16(20)6-5-8-17-15(3)4/h14-15,17H,5-13H2,1-4H3. The van der Waals surface area contributed by atoms with Crippen LogP contribution in [-0.4, -0.2) is 61.0 Å². The molecule has 1 rings (SSSR count). The van der Waals surface area contributed by atoms with Crippen LogP contribution in [0.4, 0.5) is 0 Å². The molecule has 0 bridgehead atoms. The number of carbonyl (C=O) groups is 1. The van der Waals surface area contributed by atoms with Gasteiger partial charge in [-0.3, -0.25) is 9.69 Å². The van der Waals surface area contributed by atoms with Gasteiger partial charge in [0, 0.05) is 38.6 Å². The Morgan fingerprint density at radius 1 is 1.10 bits per heavy atom. The molecule has 4 nitrogen and oxygen atoms in total. The van der Waals surface area contributed by atoms with Crippen molar-refractivity contribution in [1.82, 2.24) is 15.1 Å². The molecule has 1 aliphatic heterocycles. The molecule has 1 heterocycles. The highest BCUT2D eigenvalue weighted by atomic mass is 16.2. The molecule has 1 amide bonds. The number of rotatable bonds is 8. The summed E-state index contributed by atoms with van der Waals surface area (Å²) >= 11 is 0. The van der Waals surface area contributed by atoms with Gasteiger partial charge >= 0.3 is 0 Å². The van der Waals surface area contributed by atoms with Crippen molar-refractivity contribution in [2.75, 3.05) is 39.3 Å². The molecular weight excluding hydrogens is 250 g/mol. The third kappa shape index (κ3) is 7.25. The second kappa shape index (κ2) is 9.35. The first kappa shape index (κ1) is 17.4. The minimum absolute atomic E-state index is 0.332. The van der Waals surface area contributed by atoms with Crippen molar-refractivity contribution < 1.29 is 4.79 Å². The molecule has 0 aromatic carbocycles. The minimum atomic E-state index is 0.332. The van der Waals surface area contributed by atoms with Gasteiger partial charge < -0.3 is 10.2 Å². The van der Waals surface area contributed by atoms with E-state index in [4.69, 9.17) is 0 Å². The summed E-state index contributed by atoms with van der Waals surface area (Å²) in [5.41, 5.74) is 0. The van der Waals surface area contributed by atoms with E-state index in [0.29, 0.717) is 18.4 Å². The molecule has 1 fully saturated rings. The van der Waals surface area contributed by atoms with E-state index in [1.807, 2.05) is 4.90 Å². The van der Waals surface area contributed by atoms with Crippen LogP contribution in [0, 0.1) is 5.92 Å². The van der Waals surface area contributed by atoms with Gasteiger partial charge in [-0.15, -0.1) is 0 Å². The Kier molecular flexibility index (Phi) is 8.15. The topological polar surface area (TPSA) is 35.6 Å². The van der Waals surface area contributed by atoms with E-state index in [-0.39, 0.29) is 0 Å². The van der Waals surface area contributed by atoms with Crippen molar-refractivity contribution in [2.24, 2.45) is 5.92 Å². The molecule has 1 saturated heterocycles. The molecule has 1 aliphatic rings. The molecule has 0 spiro atoms. The van der Waals surface area contributed by atoms with Gasteiger partial charge in [0.2, 0.25) is 5.91 Å². The van der Waals surface area contributed by atoms with Gasteiger partial charge in [0.1, 0.15) is 0 Å². The summed E-state index contributed by atoms with van der Waals surface area (Å²) in [6.45, 7) is 14.8. The summed E-state index contributed by atoms with van der Waals surface area (Å²) in [7, 11) is 0. The van der Waals surface area contributed by atoms with E-state index >= 15 is 0 Å². The lowest BCUT2D eigenvalue weighted by molar-refractivity contribution is -0.133. The molecule has 0 radical (unpaired) electrons. The van der Waals surface area contributed by atoms with Crippen molar-refractivity contribution in [3.63, 3.8) is 0 Å². The molecule has 0 saturated carbocycles. The fraction of sp³-hybridized carbons (Fsp3) is 0.938. The molecule has 0 unspecified atom stereocenters. The zero-order chi connectivity index (χ0) is 15.0. The number of hydrogen-bond donors (Lipinski definition) is 1. The Balaban J connectivity index is 2.12. The second-order valence-electron chi connectivity index (χ2n) is 6.62. The maximum Gasteiger partial charge on any atom is 0.222 e. The Hall–Kier alpha value is -0.610. The number of hydrogen-bond acceptors (Lipinski definition) is 3. The summed E-state index contributed by atoms with van der Waals surface area (Å²) in [6, 6.07) is 0.509. The molecule has 4 heteroatoms. The Morgan fingerprint density at radius 3 is 2.30 bits per heavy atom. The normalized spacial score (nSPS) is 17.2. The van der Waals surface area contributed by atoms with E-state index in [1.165, 1.54) is 13.0 Å². The maximum atomic E-state index is 12.1. The Morgan fingerprint density at radius 2 is 1.75 bits per heavy atom. The highest BCUT2D eigenvalue weighted by Crippen LogP contribution is 2.08. The number of piperazine rings is 1. The number of carbonyl (C=O) groups excluding carboxylic acids is 1. The summed E-state index contributed by atoms with van der Waals surface area (Å²) in [5, 5.41) is 3.36. The van der Waals surface area contributed by atoms with Gasteiger partial charge in [0.05, 0.1) is 0 Å². The number of nitrogens with zero attached hydrogens (tertiary/aromatic N) is 2. The van der Waals surface area contributed by atoms with Crippen molar-refractivity contribution in [3.05, 3.63) is 0 Å². The van der Waals surface area contributed by atoms with Crippen LogP contribution < -0.4 is 5.32 Å². The van der Waals surface area contributed by atoms with Gasteiger partial charge in [0.15, 0.2) is 0 Å². The van der Waals surface area contributed by atoms with Gasteiger partial charge in [-0.25, -0.2) is 0 Å². The third-order valence-electron chi connectivity index (χ3n) is 3.87. The second-order valence-corrected chi connectivity index (χ2v) is 6.62. The summed E-state index contributed by atoms with van der Waals surface area (Å²) in [5.74, 6) is 1.10. The number of nitrogens with one attached hydrogen (secondary N) is 1. The fourth-order valence-electron chi connectivity index (χ4n) is 2.45. The van der Waals surface area contributed by atoms with E-state index in [1.54, 1.807) is 0 Å². The first-order chi connectivity index (χ1) is 9.49. The quantitative estimate of drug-likeness (QED) is 0.692. The van der Waals surface area contributed by atoms with Gasteiger partial charge in [-0.2, -0.15) is 0 Å². The average Bonchev–Trinajstić information content (AvgIpc) is 2.41. The van der Waals surface area contributed by atoms with Crippen LogP contribution in [0.3, 0.4) is 0 Å². The number of amides is 1. The minimum Gasteiger partial charge on any atom is -0.340 e. The highest BCUT2D eigenvalue weighted by Gasteiger charge is 2.20. The van der Waals surface area contributed by atoms with E-state index in [9.17, 15) is 4.79 Å². The largest absolute Gasteiger partial charge is 0.340 e. The lowest BCUT2D eigenvalue weighted by Crippen LogP contribution is -2.49. The van der Waals surface area contributed by atoms with Gasteiger partial charge in [0.25, 0.3) is 0 Å².